The predicted molar refractivity (Wildman–Crippen MR) is 87.7 cm³/mol. The van der Waals surface area contributed by atoms with Gasteiger partial charge in [0.15, 0.2) is 0 Å². The third-order valence-corrected chi connectivity index (χ3v) is 5.66. The molecule has 1 atom stereocenters. The summed E-state index contributed by atoms with van der Waals surface area (Å²) in [5.41, 5.74) is 1.17. The molecular weight excluding hydrogens is 284 g/mol. The Balaban J connectivity index is 1.88. The molecule has 1 aromatic heterocycles. The standard InChI is InChI=1S/C16H26N2O2S/c1-16(2)8-11(10-20-16)9-18-15(19)14(21(3)4)7-13(17-18)12-5-6-12/h7,11-12,21H,5-6,8-10H2,1-4H3. The highest BCUT2D eigenvalue weighted by Gasteiger charge is 2.33. The molecule has 1 aliphatic heterocycles. The Labute approximate surface area is 129 Å². The molecular formula is C16H26N2O2S. The van der Waals surface area contributed by atoms with E-state index in [1.165, 1.54) is 12.8 Å². The molecule has 1 unspecified atom stereocenters. The smallest absolute Gasteiger partial charge is 0.278 e. The Bertz CT molecular complexity index is 590. The monoisotopic (exact) mass is 310 g/mol. The summed E-state index contributed by atoms with van der Waals surface area (Å²) in [4.78, 5) is 13.6. The van der Waals surface area contributed by atoms with Crippen LogP contribution < -0.4 is 5.56 Å². The molecule has 0 radical (unpaired) electrons. The Morgan fingerprint density at radius 3 is 2.67 bits per heavy atom. The zero-order valence-electron chi connectivity index (χ0n) is 13.4. The van der Waals surface area contributed by atoms with E-state index in [2.05, 4.69) is 37.5 Å². The summed E-state index contributed by atoms with van der Waals surface area (Å²) < 4.78 is 7.52. The number of thiol groups is 1. The molecule has 1 saturated carbocycles. The van der Waals surface area contributed by atoms with Crippen molar-refractivity contribution in [2.45, 2.75) is 56.1 Å². The number of ether oxygens (including phenoxy) is 1. The van der Waals surface area contributed by atoms with Crippen LogP contribution in [0.5, 0.6) is 0 Å². The number of rotatable bonds is 4. The quantitative estimate of drug-likeness (QED) is 0.869. The molecule has 5 heteroatoms. The second kappa shape index (κ2) is 5.43. The summed E-state index contributed by atoms with van der Waals surface area (Å²) in [6.07, 6.45) is 7.73. The van der Waals surface area contributed by atoms with Crippen molar-refractivity contribution in [1.29, 1.82) is 0 Å². The first-order chi connectivity index (χ1) is 9.85. The van der Waals surface area contributed by atoms with E-state index in [-0.39, 0.29) is 22.1 Å². The van der Waals surface area contributed by atoms with Gasteiger partial charge in [-0.1, -0.05) is 0 Å². The first-order valence-electron chi connectivity index (χ1n) is 7.79. The average molecular weight is 310 g/mol. The van der Waals surface area contributed by atoms with Crippen molar-refractivity contribution in [3.05, 3.63) is 22.1 Å². The number of hydrogen-bond acceptors (Lipinski definition) is 3. The van der Waals surface area contributed by atoms with Crippen LogP contribution in [0.15, 0.2) is 15.8 Å². The van der Waals surface area contributed by atoms with Crippen molar-refractivity contribution in [1.82, 2.24) is 9.78 Å². The lowest BCUT2D eigenvalue weighted by Gasteiger charge is -2.17. The minimum Gasteiger partial charge on any atom is -0.375 e. The van der Waals surface area contributed by atoms with Crippen LogP contribution in [-0.4, -0.2) is 34.5 Å². The molecule has 1 aromatic rings. The molecule has 2 aliphatic rings. The molecule has 0 N–H and O–H groups in total. The SMILES string of the molecule is C[SH](C)c1cc(C2CC2)nn(CC2COC(C)(C)C2)c1=O. The number of hydrogen-bond donors (Lipinski definition) is 1. The third-order valence-electron chi connectivity index (χ3n) is 4.37. The van der Waals surface area contributed by atoms with Crippen LogP contribution in [0.25, 0.3) is 0 Å². The van der Waals surface area contributed by atoms with E-state index in [0.717, 1.165) is 23.6 Å². The molecule has 1 saturated heterocycles. The number of aromatic nitrogens is 2. The lowest BCUT2D eigenvalue weighted by Crippen LogP contribution is -2.29. The molecule has 21 heavy (non-hydrogen) atoms. The first-order valence-corrected chi connectivity index (χ1v) is 10.0. The maximum Gasteiger partial charge on any atom is 0.278 e. The second-order valence-corrected chi connectivity index (χ2v) is 9.52. The van der Waals surface area contributed by atoms with Gasteiger partial charge in [-0.25, -0.2) is 15.6 Å². The van der Waals surface area contributed by atoms with E-state index < -0.39 is 0 Å². The normalized spacial score (nSPS) is 25.1. The van der Waals surface area contributed by atoms with Crippen molar-refractivity contribution < 1.29 is 4.74 Å². The lowest BCUT2D eigenvalue weighted by atomic mass is 9.98. The van der Waals surface area contributed by atoms with Gasteiger partial charge in [-0.15, -0.1) is 0 Å². The van der Waals surface area contributed by atoms with Gasteiger partial charge in [-0.05, 0) is 51.7 Å². The largest absolute Gasteiger partial charge is 0.375 e. The van der Waals surface area contributed by atoms with Crippen LogP contribution in [0.1, 0.15) is 44.7 Å². The average Bonchev–Trinajstić information content (AvgIpc) is 3.17. The van der Waals surface area contributed by atoms with Crippen LogP contribution in [0.3, 0.4) is 0 Å². The Hall–Kier alpha value is -0.810. The van der Waals surface area contributed by atoms with Crippen LogP contribution in [0, 0.1) is 5.92 Å². The van der Waals surface area contributed by atoms with Crippen LogP contribution in [-0.2, 0) is 11.3 Å². The molecule has 4 nitrogen and oxygen atoms in total. The van der Waals surface area contributed by atoms with Gasteiger partial charge in [0.05, 0.1) is 29.3 Å². The van der Waals surface area contributed by atoms with E-state index in [1.807, 2.05) is 0 Å². The van der Waals surface area contributed by atoms with Crippen molar-refractivity contribution in [3.63, 3.8) is 0 Å². The van der Waals surface area contributed by atoms with Gasteiger partial charge in [-0.3, -0.25) is 4.79 Å². The summed E-state index contributed by atoms with van der Waals surface area (Å²) in [6, 6.07) is 2.07. The van der Waals surface area contributed by atoms with E-state index in [9.17, 15) is 4.79 Å². The van der Waals surface area contributed by atoms with Gasteiger partial charge in [-0.2, -0.15) is 5.10 Å². The Kier molecular flexibility index (Phi) is 3.91. The van der Waals surface area contributed by atoms with Crippen LogP contribution >= 0.6 is 10.9 Å². The minimum atomic E-state index is -0.387. The van der Waals surface area contributed by atoms with Gasteiger partial charge in [0.25, 0.3) is 5.56 Å². The second-order valence-electron chi connectivity index (χ2n) is 7.25. The molecule has 0 aromatic carbocycles. The fraction of sp³-hybridized carbons (Fsp3) is 0.750. The fourth-order valence-electron chi connectivity index (χ4n) is 3.09. The highest BCUT2D eigenvalue weighted by atomic mass is 32.2. The van der Waals surface area contributed by atoms with E-state index in [4.69, 9.17) is 4.74 Å². The zero-order chi connectivity index (χ0) is 15.2. The van der Waals surface area contributed by atoms with Crippen molar-refractivity contribution in [2.24, 2.45) is 5.92 Å². The van der Waals surface area contributed by atoms with Crippen LogP contribution in [0.4, 0.5) is 0 Å². The zero-order valence-corrected chi connectivity index (χ0v) is 14.3. The maximum absolute atomic E-state index is 12.6. The maximum atomic E-state index is 12.6. The fourth-order valence-corrected chi connectivity index (χ4v) is 3.98. The summed E-state index contributed by atoms with van der Waals surface area (Å²) in [5.74, 6) is 0.981. The van der Waals surface area contributed by atoms with Gasteiger partial charge >= 0.3 is 0 Å². The van der Waals surface area contributed by atoms with Crippen molar-refractivity contribution in [3.8, 4) is 0 Å². The summed E-state index contributed by atoms with van der Waals surface area (Å²) in [5, 5.41) is 4.65. The molecule has 0 bridgehead atoms. The molecule has 2 fully saturated rings. The molecule has 3 rings (SSSR count). The number of nitrogens with zero attached hydrogens (tertiary/aromatic N) is 2. The summed E-state index contributed by atoms with van der Waals surface area (Å²) in [7, 11) is -0.387. The summed E-state index contributed by atoms with van der Waals surface area (Å²) in [6.45, 7) is 5.66. The van der Waals surface area contributed by atoms with Crippen molar-refractivity contribution >= 4 is 10.9 Å². The third kappa shape index (κ3) is 3.34. The van der Waals surface area contributed by atoms with E-state index >= 15 is 0 Å². The Morgan fingerprint density at radius 2 is 2.14 bits per heavy atom. The molecule has 118 valence electrons. The summed E-state index contributed by atoms with van der Waals surface area (Å²) >= 11 is 0. The molecule has 2 heterocycles. The van der Waals surface area contributed by atoms with E-state index in [1.54, 1.807) is 4.68 Å². The predicted octanol–water partition coefficient (Wildman–Crippen LogP) is 2.56. The lowest BCUT2D eigenvalue weighted by molar-refractivity contribution is 0.0346. The molecule has 0 amide bonds. The molecule has 1 aliphatic carbocycles. The highest BCUT2D eigenvalue weighted by molar-refractivity contribution is 8.15. The Morgan fingerprint density at radius 1 is 1.43 bits per heavy atom. The van der Waals surface area contributed by atoms with Gasteiger partial charge in [0, 0.05) is 11.8 Å². The molecule has 0 spiro atoms. The van der Waals surface area contributed by atoms with Crippen LogP contribution in [0.2, 0.25) is 0 Å². The topological polar surface area (TPSA) is 44.1 Å². The van der Waals surface area contributed by atoms with Gasteiger partial charge in [0.2, 0.25) is 0 Å². The highest BCUT2D eigenvalue weighted by Crippen LogP contribution is 2.40. The van der Waals surface area contributed by atoms with Crippen molar-refractivity contribution in [2.75, 3.05) is 19.1 Å². The van der Waals surface area contributed by atoms with Gasteiger partial charge < -0.3 is 4.74 Å². The first kappa shape index (κ1) is 15.1. The minimum absolute atomic E-state index is 0.0622. The van der Waals surface area contributed by atoms with Gasteiger partial charge in [0.1, 0.15) is 0 Å². The van der Waals surface area contributed by atoms with E-state index in [0.29, 0.717) is 18.4 Å².